The molecule has 1 aromatic rings. The van der Waals surface area contributed by atoms with Gasteiger partial charge in [0.15, 0.2) is 5.13 Å². The lowest BCUT2D eigenvalue weighted by Gasteiger charge is -2.40. The summed E-state index contributed by atoms with van der Waals surface area (Å²) < 4.78 is 5.47. The van der Waals surface area contributed by atoms with Gasteiger partial charge >= 0.3 is 0 Å². The van der Waals surface area contributed by atoms with Crippen LogP contribution in [0.2, 0.25) is 0 Å². The van der Waals surface area contributed by atoms with Crippen molar-refractivity contribution in [1.29, 1.82) is 0 Å². The molecule has 0 spiro atoms. The van der Waals surface area contributed by atoms with Crippen molar-refractivity contribution in [2.24, 2.45) is 0 Å². The maximum atomic E-state index is 12.1. The van der Waals surface area contributed by atoms with Crippen LogP contribution in [0.1, 0.15) is 28.9 Å². The lowest BCUT2D eigenvalue weighted by atomic mass is 9.80. The van der Waals surface area contributed by atoms with Crippen LogP contribution in [0, 0.1) is 0 Å². The van der Waals surface area contributed by atoms with Crippen LogP contribution in [0.15, 0.2) is 0 Å². The topological polar surface area (TPSA) is 80.5 Å². The fourth-order valence-electron chi connectivity index (χ4n) is 2.02. The van der Waals surface area contributed by atoms with Crippen molar-refractivity contribution >= 4 is 28.2 Å². The maximum Gasteiger partial charge on any atom is 0.265 e. The number of anilines is 2. The van der Waals surface area contributed by atoms with Crippen molar-refractivity contribution in [2.75, 3.05) is 38.4 Å². The quantitative estimate of drug-likeness (QED) is 0.846. The number of nitrogens with two attached hydrogens (primary N) is 1. The third kappa shape index (κ3) is 2.82. The average Bonchev–Trinajstić information content (AvgIpc) is 2.70. The molecule has 3 N–H and O–H groups in total. The van der Waals surface area contributed by atoms with E-state index in [1.165, 1.54) is 11.3 Å². The highest BCUT2D eigenvalue weighted by molar-refractivity contribution is 7.18. The first-order chi connectivity index (χ1) is 8.97. The predicted molar refractivity (Wildman–Crippen MR) is 76.8 cm³/mol. The monoisotopic (exact) mass is 284 g/mol. The second-order valence-corrected chi connectivity index (χ2v) is 6.01. The van der Waals surface area contributed by atoms with Crippen molar-refractivity contribution in [3.63, 3.8) is 0 Å². The van der Waals surface area contributed by atoms with Gasteiger partial charge in [-0.15, -0.1) is 0 Å². The molecule has 0 radical (unpaired) electrons. The highest BCUT2D eigenvalue weighted by Gasteiger charge is 2.37. The molecule has 1 aliphatic rings. The first kappa shape index (κ1) is 14.1. The first-order valence-electron chi connectivity index (χ1n) is 6.24. The van der Waals surface area contributed by atoms with E-state index < -0.39 is 0 Å². The van der Waals surface area contributed by atoms with Crippen LogP contribution in [0.4, 0.5) is 10.9 Å². The van der Waals surface area contributed by atoms with E-state index in [1.807, 2.05) is 19.0 Å². The number of nitrogen functional groups attached to an aromatic ring is 1. The molecule has 1 fully saturated rings. The number of hydrogen-bond donors (Lipinski definition) is 2. The van der Waals surface area contributed by atoms with E-state index in [0.717, 1.165) is 24.4 Å². The number of hydrogen-bond acceptors (Lipinski definition) is 6. The summed E-state index contributed by atoms with van der Waals surface area (Å²) >= 11 is 1.30. The van der Waals surface area contributed by atoms with Crippen molar-refractivity contribution in [3.8, 4) is 0 Å². The number of nitrogens with zero attached hydrogens (tertiary/aromatic N) is 2. The van der Waals surface area contributed by atoms with Gasteiger partial charge in [-0.05, 0) is 19.3 Å². The Morgan fingerprint density at radius 2 is 2.26 bits per heavy atom. The summed E-state index contributed by atoms with van der Waals surface area (Å²) in [7, 11) is 5.43. The van der Waals surface area contributed by atoms with Crippen LogP contribution in [0.5, 0.6) is 0 Å². The van der Waals surface area contributed by atoms with E-state index in [9.17, 15) is 4.79 Å². The highest BCUT2D eigenvalue weighted by Crippen LogP contribution is 2.34. The van der Waals surface area contributed by atoms with Crippen LogP contribution in [-0.4, -0.2) is 44.2 Å². The molecule has 6 nitrogen and oxygen atoms in total. The van der Waals surface area contributed by atoms with Gasteiger partial charge in [0.1, 0.15) is 10.7 Å². The average molecular weight is 284 g/mol. The van der Waals surface area contributed by atoms with Gasteiger partial charge < -0.3 is 20.7 Å². The Kier molecular flexibility index (Phi) is 3.96. The van der Waals surface area contributed by atoms with Gasteiger partial charge in [-0.1, -0.05) is 11.3 Å². The number of thiazole rings is 1. The van der Waals surface area contributed by atoms with Crippen molar-refractivity contribution in [1.82, 2.24) is 10.3 Å². The molecule has 0 unspecified atom stereocenters. The van der Waals surface area contributed by atoms with Gasteiger partial charge in [-0.25, -0.2) is 4.98 Å². The summed E-state index contributed by atoms with van der Waals surface area (Å²) in [6.07, 6.45) is 3.13. The van der Waals surface area contributed by atoms with Gasteiger partial charge in [0.2, 0.25) is 0 Å². The van der Waals surface area contributed by atoms with Crippen LogP contribution in [0.25, 0.3) is 0 Å². The molecule has 1 saturated carbocycles. The summed E-state index contributed by atoms with van der Waals surface area (Å²) in [5.74, 6) is 0.109. The normalized spacial score (nSPS) is 16.8. The molecule has 0 bridgehead atoms. The number of carbonyl (C=O) groups is 1. The number of amides is 1. The number of aromatic nitrogens is 1. The van der Waals surface area contributed by atoms with Crippen molar-refractivity contribution in [3.05, 3.63) is 4.88 Å². The smallest absolute Gasteiger partial charge is 0.265 e. The van der Waals surface area contributed by atoms with Crippen LogP contribution in [0.3, 0.4) is 0 Å². The Morgan fingerprint density at radius 1 is 1.58 bits per heavy atom. The van der Waals surface area contributed by atoms with Crippen molar-refractivity contribution in [2.45, 2.75) is 24.9 Å². The SMILES string of the molecule is COC1(CNC(=O)c2sc(N(C)C)nc2N)CCC1. The van der Waals surface area contributed by atoms with E-state index in [2.05, 4.69) is 10.3 Å². The minimum absolute atomic E-state index is 0.175. The Labute approximate surface area is 116 Å². The number of carbonyl (C=O) groups excluding carboxylic acids is 1. The van der Waals surface area contributed by atoms with E-state index in [0.29, 0.717) is 11.4 Å². The zero-order valence-electron chi connectivity index (χ0n) is 11.5. The molecule has 1 amide bonds. The molecular weight excluding hydrogens is 264 g/mol. The predicted octanol–water partition coefficient (Wildman–Crippen LogP) is 1.09. The van der Waals surface area contributed by atoms with E-state index in [1.54, 1.807) is 7.11 Å². The zero-order valence-corrected chi connectivity index (χ0v) is 12.3. The molecule has 1 aromatic heterocycles. The van der Waals surface area contributed by atoms with Gasteiger partial charge in [0, 0.05) is 27.7 Å². The fraction of sp³-hybridized carbons (Fsp3) is 0.667. The Bertz CT molecular complexity index is 463. The molecule has 7 heteroatoms. The standard InChI is InChI=1S/C12H20N4O2S/c1-16(2)11-15-9(13)8(19-11)10(17)14-7-12(18-3)5-4-6-12/h4-7,13H2,1-3H3,(H,14,17). The number of methoxy groups -OCH3 is 1. The Hall–Kier alpha value is -1.34. The lowest BCUT2D eigenvalue weighted by molar-refractivity contribution is -0.0679. The number of ether oxygens (including phenoxy) is 1. The molecule has 0 atom stereocenters. The minimum Gasteiger partial charge on any atom is -0.382 e. The molecule has 0 aromatic carbocycles. The molecular formula is C12H20N4O2S. The molecule has 1 heterocycles. The Balaban J connectivity index is 2.00. The van der Waals surface area contributed by atoms with Gasteiger partial charge in [-0.2, -0.15) is 0 Å². The maximum absolute atomic E-state index is 12.1. The van der Waals surface area contributed by atoms with Crippen LogP contribution in [-0.2, 0) is 4.74 Å². The lowest BCUT2D eigenvalue weighted by Crippen LogP contribution is -2.49. The Morgan fingerprint density at radius 3 is 2.68 bits per heavy atom. The second kappa shape index (κ2) is 5.34. The van der Waals surface area contributed by atoms with E-state index in [4.69, 9.17) is 10.5 Å². The minimum atomic E-state index is -0.181. The van der Waals surface area contributed by atoms with Crippen LogP contribution >= 0.6 is 11.3 Å². The molecule has 2 rings (SSSR count). The summed E-state index contributed by atoms with van der Waals surface area (Å²) in [5, 5.41) is 3.62. The summed E-state index contributed by atoms with van der Waals surface area (Å²) in [6, 6.07) is 0. The van der Waals surface area contributed by atoms with Crippen molar-refractivity contribution < 1.29 is 9.53 Å². The third-order valence-corrected chi connectivity index (χ3v) is 4.74. The molecule has 106 valence electrons. The van der Waals surface area contributed by atoms with E-state index in [-0.39, 0.29) is 17.3 Å². The molecule has 1 aliphatic carbocycles. The highest BCUT2D eigenvalue weighted by atomic mass is 32.1. The largest absolute Gasteiger partial charge is 0.382 e. The molecule has 0 aliphatic heterocycles. The molecule has 0 saturated heterocycles. The summed E-state index contributed by atoms with van der Waals surface area (Å²) in [6.45, 7) is 0.525. The second-order valence-electron chi connectivity index (χ2n) is 5.03. The third-order valence-electron chi connectivity index (χ3n) is 3.50. The number of nitrogens with one attached hydrogen (secondary N) is 1. The zero-order chi connectivity index (χ0) is 14.0. The first-order valence-corrected chi connectivity index (χ1v) is 7.06. The van der Waals surface area contributed by atoms with Crippen LogP contribution < -0.4 is 16.0 Å². The van der Waals surface area contributed by atoms with Gasteiger partial charge in [-0.3, -0.25) is 4.79 Å². The van der Waals surface area contributed by atoms with Gasteiger partial charge in [0.25, 0.3) is 5.91 Å². The fourth-order valence-corrected chi connectivity index (χ4v) is 2.84. The molecule has 19 heavy (non-hydrogen) atoms. The number of rotatable bonds is 5. The summed E-state index contributed by atoms with van der Waals surface area (Å²) in [5.41, 5.74) is 5.60. The summed E-state index contributed by atoms with van der Waals surface area (Å²) in [4.78, 5) is 18.6. The van der Waals surface area contributed by atoms with E-state index >= 15 is 0 Å². The van der Waals surface area contributed by atoms with Gasteiger partial charge in [0.05, 0.1) is 5.60 Å².